The Balaban J connectivity index is 1.40. The number of piperazine rings is 1. The van der Waals surface area contributed by atoms with Crippen molar-refractivity contribution in [3.05, 3.63) is 94.5 Å². The molecule has 0 radical (unpaired) electrons. The molecule has 0 aliphatic carbocycles. The van der Waals surface area contributed by atoms with Gasteiger partial charge in [0.05, 0.1) is 16.6 Å². The van der Waals surface area contributed by atoms with Crippen molar-refractivity contribution in [2.45, 2.75) is 13.1 Å². The summed E-state index contributed by atoms with van der Waals surface area (Å²) in [5, 5.41) is 4.30. The molecule has 0 saturated carbocycles. The van der Waals surface area contributed by atoms with E-state index in [2.05, 4.69) is 15.2 Å². The summed E-state index contributed by atoms with van der Waals surface area (Å²) >= 11 is 6.20. The molecule has 1 N–H and O–H groups in total. The third-order valence-electron chi connectivity index (χ3n) is 6.49. The maximum Gasteiger partial charge on any atom is 0.416 e. The average molecular weight is 525 g/mol. The molecule has 190 valence electrons. The Morgan fingerprint density at radius 2 is 1.70 bits per heavy atom. The van der Waals surface area contributed by atoms with Crippen LogP contribution in [0.5, 0.6) is 0 Å². The van der Waals surface area contributed by atoms with E-state index in [0.717, 1.165) is 23.4 Å². The first-order valence-electron chi connectivity index (χ1n) is 11.8. The summed E-state index contributed by atoms with van der Waals surface area (Å²) in [6.07, 6.45) is -4.46. The van der Waals surface area contributed by atoms with Gasteiger partial charge in [0.15, 0.2) is 0 Å². The van der Waals surface area contributed by atoms with Gasteiger partial charge in [-0.1, -0.05) is 41.9 Å². The second-order valence-corrected chi connectivity index (χ2v) is 9.42. The van der Waals surface area contributed by atoms with Crippen LogP contribution in [0.25, 0.3) is 10.9 Å². The molecule has 9 heteroatoms. The lowest BCUT2D eigenvalue weighted by Gasteiger charge is -2.37. The fourth-order valence-corrected chi connectivity index (χ4v) is 4.75. The number of carbonyl (C=O) groups is 1. The van der Waals surface area contributed by atoms with E-state index in [1.807, 2.05) is 43.3 Å². The smallest absolute Gasteiger partial charge is 0.368 e. The van der Waals surface area contributed by atoms with Gasteiger partial charge in [0.2, 0.25) is 0 Å². The first-order valence-corrected chi connectivity index (χ1v) is 12.2. The number of carbonyl (C=O) groups excluding carboxylic acids is 1. The van der Waals surface area contributed by atoms with Crippen LogP contribution in [0, 0.1) is 6.92 Å². The van der Waals surface area contributed by atoms with Gasteiger partial charge in [0.25, 0.3) is 5.91 Å². The van der Waals surface area contributed by atoms with Crippen molar-refractivity contribution in [3.63, 3.8) is 0 Å². The molecule has 1 aliphatic rings. The van der Waals surface area contributed by atoms with Crippen molar-refractivity contribution in [2.24, 2.45) is 0 Å². The number of nitrogens with one attached hydrogen (secondary N) is 1. The van der Waals surface area contributed by atoms with Crippen LogP contribution >= 0.6 is 11.6 Å². The van der Waals surface area contributed by atoms with Crippen LogP contribution in [-0.2, 0) is 6.18 Å². The Labute approximate surface area is 217 Å². The number of amides is 1. The minimum atomic E-state index is -4.46. The number of hydrogen-bond donors (Lipinski definition) is 1. The van der Waals surface area contributed by atoms with Crippen molar-refractivity contribution in [1.82, 2.24) is 9.88 Å². The van der Waals surface area contributed by atoms with Crippen molar-refractivity contribution >= 4 is 45.6 Å². The highest BCUT2D eigenvalue weighted by Crippen LogP contribution is 2.32. The number of aryl methyl sites for hydroxylation is 1. The zero-order chi connectivity index (χ0) is 26.2. The monoisotopic (exact) mass is 524 g/mol. The summed E-state index contributed by atoms with van der Waals surface area (Å²) < 4.78 is 39.5. The second-order valence-electron chi connectivity index (χ2n) is 8.99. The lowest BCUT2D eigenvalue weighted by molar-refractivity contribution is -0.137. The van der Waals surface area contributed by atoms with Gasteiger partial charge in [-0.15, -0.1) is 0 Å². The molecule has 5 rings (SSSR count). The van der Waals surface area contributed by atoms with E-state index >= 15 is 0 Å². The minimum absolute atomic E-state index is 0.145. The van der Waals surface area contributed by atoms with Gasteiger partial charge in [0, 0.05) is 48.0 Å². The number of alkyl halides is 3. The Morgan fingerprint density at radius 3 is 2.46 bits per heavy atom. The maximum atomic E-state index is 13.7. The second kappa shape index (κ2) is 9.94. The molecular formula is C28H24ClF3N4O. The zero-order valence-electron chi connectivity index (χ0n) is 20.0. The van der Waals surface area contributed by atoms with Crippen molar-refractivity contribution in [2.75, 3.05) is 36.4 Å². The van der Waals surface area contributed by atoms with E-state index in [0.29, 0.717) is 53.5 Å². The van der Waals surface area contributed by atoms with Gasteiger partial charge in [-0.25, -0.2) is 4.98 Å². The van der Waals surface area contributed by atoms with Crippen LogP contribution in [0.2, 0.25) is 5.02 Å². The third kappa shape index (κ3) is 5.34. The molecule has 4 aromatic rings. The number of hydrogen-bond acceptors (Lipinski definition) is 4. The van der Waals surface area contributed by atoms with E-state index in [9.17, 15) is 18.0 Å². The molecule has 1 fully saturated rings. The predicted molar refractivity (Wildman–Crippen MR) is 141 cm³/mol. The summed E-state index contributed by atoms with van der Waals surface area (Å²) in [6, 6.07) is 19.5. The number of halogens is 4. The normalized spacial score (nSPS) is 14.2. The first-order chi connectivity index (χ1) is 17.7. The fourth-order valence-electron chi connectivity index (χ4n) is 4.58. The molecule has 1 amide bonds. The van der Waals surface area contributed by atoms with E-state index in [4.69, 9.17) is 11.6 Å². The Hall–Kier alpha value is -3.78. The lowest BCUT2D eigenvalue weighted by Crippen LogP contribution is -2.49. The number of aromatic nitrogens is 1. The summed E-state index contributed by atoms with van der Waals surface area (Å²) in [5.41, 5.74) is 2.68. The standard InChI is InChI=1S/C28H24ClF3N4O/c1-18-9-10-20(29)16-25(18)35-11-13-36(14-12-35)27(37)23-17-26(34-24-8-3-2-7-22(23)24)33-21-6-4-5-19(15-21)28(30,31)32/h2-10,15-17H,11-14H2,1H3,(H,33,34). The first kappa shape index (κ1) is 24.9. The largest absolute Gasteiger partial charge is 0.416 e. The molecule has 37 heavy (non-hydrogen) atoms. The molecule has 0 atom stereocenters. The number of rotatable bonds is 4. The highest BCUT2D eigenvalue weighted by atomic mass is 35.5. The van der Waals surface area contributed by atoms with Crippen LogP contribution in [0.15, 0.2) is 72.8 Å². The van der Waals surface area contributed by atoms with Gasteiger partial charge >= 0.3 is 6.18 Å². The van der Waals surface area contributed by atoms with Gasteiger partial charge in [-0.3, -0.25) is 4.79 Å². The SMILES string of the molecule is Cc1ccc(Cl)cc1N1CCN(C(=O)c2cc(Nc3cccc(C(F)(F)F)c3)nc3ccccc23)CC1. The molecule has 2 heterocycles. The van der Waals surface area contributed by atoms with Crippen molar-refractivity contribution < 1.29 is 18.0 Å². The van der Waals surface area contributed by atoms with Crippen LogP contribution in [0.4, 0.5) is 30.4 Å². The number of para-hydroxylation sites is 1. The highest BCUT2D eigenvalue weighted by Gasteiger charge is 2.30. The zero-order valence-corrected chi connectivity index (χ0v) is 20.8. The number of anilines is 3. The van der Waals surface area contributed by atoms with Crippen LogP contribution in [0.3, 0.4) is 0 Å². The van der Waals surface area contributed by atoms with E-state index < -0.39 is 11.7 Å². The molecule has 1 aliphatic heterocycles. The van der Waals surface area contributed by atoms with E-state index in [-0.39, 0.29) is 11.6 Å². The molecule has 0 spiro atoms. The van der Waals surface area contributed by atoms with Gasteiger partial charge in [-0.2, -0.15) is 13.2 Å². The fraction of sp³-hybridized carbons (Fsp3) is 0.214. The van der Waals surface area contributed by atoms with E-state index in [1.54, 1.807) is 17.0 Å². The molecule has 5 nitrogen and oxygen atoms in total. The summed E-state index contributed by atoms with van der Waals surface area (Å²) in [4.78, 5) is 22.2. The van der Waals surface area contributed by atoms with Crippen LogP contribution < -0.4 is 10.2 Å². The van der Waals surface area contributed by atoms with Crippen LogP contribution in [0.1, 0.15) is 21.5 Å². The third-order valence-corrected chi connectivity index (χ3v) is 6.72. The molecule has 0 unspecified atom stereocenters. The number of fused-ring (bicyclic) bond motifs is 1. The molecule has 0 bridgehead atoms. The number of pyridine rings is 1. The molecule has 1 aromatic heterocycles. The number of nitrogens with zero attached hydrogens (tertiary/aromatic N) is 3. The summed E-state index contributed by atoms with van der Waals surface area (Å²) in [5.74, 6) is 0.155. The maximum absolute atomic E-state index is 13.7. The lowest BCUT2D eigenvalue weighted by atomic mass is 10.1. The van der Waals surface area contributed by atoms with E-state index in [1.165, 1.54) is 12.1 Å². The highest BCUT2D eigenvalue weighted by molar-refractivity contribution is 6.30. The van der Waals surface area contributed by atoms with Gasteiger partial charge < -0.3 is 15.1 Å². The van der Waals surface area contributed by atoms with Crippen LogP contribution in [-0.4, -0.2) is 42.0 Å². The topological polar surface area (TPSA) is 48.5 Å². The minimum Gasteiger partial charge on any atom is -0.368 e. The molecular weight excluding hydrogens is 501 g/mol. The average Bonchev–Trinajstić information content (AvgIpc) is 2.89. The van der Waals surface area contributed by atoms with Crippen molar-refractivity contribution in [3.8, 4) is 0 Å². The summed E-state index contributed by atoms with van der Waals surface area (Å²) in [6.45, 7) is 4.40. The molecule has 3 aromatic carbocycles. The Bertz CT molecular complexity index is 1470. The van der Waals surface area contributed by atoms with Crippen molar-refractivity contribution in [1.29, 1.82) is 0 Å². The quantitative estimate of drug-likeness (QED) is 0.315. The Kier molecular flexibility index (Phi) is 6.69. The number of benzene rings is 3. The Morgan fingerprint density at radius 1 is 0.946 bits per heavy atom. The van der Waals surface area contributed by atoms with Gasteiger partial charge in [0.1, 0.15) is 5.82 Å². The summed E-state index contributed by atoms with van der Waals surface area (Å²) in [7, 11) is 0. The molecule has 1 saturated heterocycles. The predicted octanol–water partition coefficient (Wildman–Crippen LogP) is 6.92. The van der Waals surface area contributed by atoms with Gasteiger partial charge in [-0.05, 0) is 55.0 Å².